The SMILES string of the molecule is CCCn1cc(N)cc1C(=O)Nc1ccc(Br)cc1F. The molecule has 0 saturated heterocycles. The Labute approximate surface area is 124 Å². The molecule has 0 atom stereocenters. The van der Waals surface area contributed by atoms with Gasteiger partial charge in [-0.3, -0.25) is 4.79 Å². The normalized spacial score (nSPS) is 10.6. The van der Waals surface area contributed by atoms with E-state index in [1.54, 1.807) is 22.9 Å². The molecule has 106 valence electrons. The molecule has 2 rings (SSSR count). The molecule has 1 aromatic carbocycles. The fourth-order valence-corrected chi connectivity index (χ4v) is 2.26. The van der Waals surface area contributed by atoms with E-state index in [1.165, 1.54) is 12.1 Å². The Morgan fingerprint density at radius 3 is 2.85 bits per heavy atom. The van der Waals surface area contributed by atoms with Crippen LogP contribution in [0.1, 0.15) is 23.8 Å². The molecule has 0 aliphatic rings. The summed E-state index contributed by atoms with van der Waals surface area (Å²) >= 11 is 3.17. The third kappa shape index (κ3) is 3.19. The summed E-state index contributed by atoms with van der Waals surface area (Å²) < 4.78 is 16.1. The number of hydrogen-bond acceptors (Lipinski definition) is 2. The van der Waals surface area contributed by atoms with Crippen LogP contribution in [-0.2, 0) is 6.54 Å². The molecule has 0 saturated carbocycles. The summed E-state index contributed by atoms with van der Waals surface area (Å²) in [7, 11) is 0. The van der Waals surface area contributed by atoms with Gasteiger partial charge in [0.25, 0.3) is 5.91 Å². The van der Waals surface area contributed by atoms with E-state index in [0.717, 1.165) is 6.42 Å². The number of carbonyl (C=O) groups is 1. The summed E-state index contributed by atoms with van der Waals surface area (Å²) in [5.74, 6) is -0.870. The number of hydrogen-bond donors (Lipinski definition) is 2. The maximum absolute atomic E-state index is 13.7. The molecule has 0 aliphatic heterocycles. The maximum atomic E-state index is 13.7. The number of aromatic nitrogens is 1. The molecular weight excluding hydrogens is 325 g/mol. The Kier molecular flexibility index (Phi) is 4.44. The molecule has 1 heterocycles. The number of anilines is 2. The predicted molar refractivity (Wildman–Crippen MR) is 81.2 cm³/mol. The molecule has 4 nitrogen and oxygen atoms in total. The van der Waals surface area contributed by atoms with Crippen molar-refractivity contribution in [3.8, 4) is 0 Å². The van der Waals surface area contributed by atoms with Crippen LogP contribution in [0.15, 0.2) is 34.9 Å². The monoisotopic (exact) mass is 339 g/mol. The number of nitrogens with one attached hydrogen (secondary N) is 1. The molecule has 20 heavy (non-hydrogen) atoms. The van der Waals surface area contributed by atoms with Crippen LogP contribution in [0.5, 0.6) is 0 Å². The minimum Gasteiger partial charge on any atom is -0.397 e. The Morgan fingerprint density at radius 1 is 1.45 bits per heavy atom. The Balaban J connectivity index is 2.23. The minimum absolute atomic E-state index is 0.140. The standard InChI is InChI=1S/C14H15BrFN3O/c1-2-5-19-8-10(17)7-13(19)14(20)18-12-4-3-9(15)6-11(12)16/h3-4,6-8H,2,5,17H2,1H3,(H,18,20). The molecule has 0 unspecified atom stereocenters. The van der Waals surface area contributed by atoms with Gasteiger partial charge in [0.1, 0.15) is 11.5 Å². The Hall–Kier alpha value is -1.82. The van der Waals surface area contributed by atoms with Crippen molar-refractivity contribution in [2.75, 3.05) is 11.1 Å². The van der Waals surface area contributed by atoms with E-state index in [-0.39, 0.29) is 11.6 Å². The molecule has 0 spiro atoms. The summed E-state index contributed by atoms with van der Waals surface area (Å²) in [4.78, 5) is 12.2. The van der Waals surface area contributed by atoms with Crippen LogP contribution in [0.2, 0.25) is 0 Å². The Morgan fingerprint density at radius 2 is 2.20 bits per heavy atom. The Bertz CT molecular complexity index is 639. The van der Waals surface area contributed by atoms with E-state index in [1.807, 2.05) is 6.92 Å². The lowest BCUT2D eigenvalue weighted by molar-refractivity contribution is 0.101. The molecule has 6 heteroatoms. The molecule has 0 bridgehead atoms. The first-order chi connectivity index (χ1) is 9.51. The molecule has 0 fully saturated rings. The van der Waals surface area contributed by atoms with Gasteiger partial charge in [0.05, 0.1) is 11.4 Å². The average molecular weight is 340 g/mol. The molecule has 0 radical (unpaired) electrons. The van der Waals surface area contributed by atoms with Crippen LogP contribution in [0.4, 0.5) is 15.8 Å². The minimum atomic E-state index is -0.491. The summed E-state index contributed by atoms with van der Waals surface area (Å²) in [6.07, 6.45) is 2.58. The zero-order valence-electron chi connectivity index (χ0n) is 11.0. The lowest BCUT2D eigenvalue weighted by Gasteiger charge is -2.09. The predicted octanol–water partition coefficient (Wildman–Crippen LogP) is 3.63. The van der Waals surface area contributed by atoms with Crippen molar-refractivity contribution in [1.29, 1.82) is 0 Å². The van der Waals surface area contributed by atoms with Gasteiger partial charge in [0.2, 0.25) is 0 Å². The summed E-state index contributed by atoms with van der Waals surface area (Å²) in [5.41, 5.74) is 6.79. The van der Waals surface area contributed by atoms with Crippen molar-refractivity contribution in [1.82, 2.24) is 4.57 Å². The lowest BCUT2D eigenvalue weighted by atomic mass is 10.3. The van der Waals surface area contributed by atoms with E-state index in [9.17, 15) is 9.18 Å². The lowest BCUT2D eigenvalue weighted by Crippen LogP contribution is -2.17. The van der Waals surface area contributed by atoms with Gasteiger partial charge in [0.15, 0.2) is 0 Å². The first-order valence-corrected chi connectivity index (χ1v) is 7.02. The van der Waals surface area contributed by atoms with E-state index in [0.29, 0.717) is 22.4 Å². The molecular formula is C14H15BrFN3O. The molecule has 1 amide bonds. The fourth-order valence-electron chi connectivity index (χ4n) is 1.93. The highest BCUT2D eigenvalue weighted by molar-refractivity contribution is 9.10. The van der Waals surface area contributed by atoms with Gasteiger partial charge in [-0.15, -0.1) is 0 Å². The number of amides is 1. The molecule has 1 aromatic heterocycles. The zero-order valence-corrected chi connectivity index (χ0v) is 12.6. The largest absolute Gasteiger partial charge is 0.397 e. The number of halogens is 2. The molecule has 3 N–H and O–H groups in total. The second-order valence-corrected chi connectivity index (χ2v) is 5.35. The smallest absolute Gasteiger partial charge is 0.272 e. The third-order valence-electron chi connectivity index (χ3n) is 2.79. The fraction of sp³-hybridized carbons (Fsp3) is 0.214. The van der Waals surface area contributed by atoms with Gasteiger partial charge in [-0.1, -0.05) is 22.9 Å². The van der Waals surface area contributed by atoms with Gasteiger partial charge in [0, 0.05) is 17.2 Å². The van der Waals surface area contributed by atoms with Crippen molar-refractivity contribution in [3.63, 3.8) is 0 Å². The van der Waals surface area contributed by atoms with Gasteiger partial charge in [-0.05, 0) is 30.7 Å². The number of rotatable bonds is 4. The van der Waals surface area contributed by atoms with Crippen LogP contribution in [0.3, 0.4) is 0 Å². The van der Waals surface area contributed by atoms with Gasteiger partial charge in [-0.2, -0.15) is 0 Å². The summed E-state index contributed by atoms with van der Waals surface area (Å²) in [6, 6.07) is 6.06. The van der Waals surface area contributed by atoms with Gasteiger partial charge in [-0.25, -0.2) is 4.39 Å². The highest BCUT2D eigenvalue weighted by Gasteiger charge is 2.14. The van der Waals surface area contributed by atoms with Crippen molar-refractivity contribution in [3.05, 3.63) is 46.4 Å². The number of aryl methyl sites for hydroxylation is 1. The second-order valence-electron chi connectivity index (χ2n) is 4.43. The van der Waals surface area contributed by atoms with E-state index >= 15 is 0 Å². The van der Waals surface area contributed by atoms with E-state index < -0.39 is 5.82 Å². The average Bonchev–Trinajstić information content (AvgIpc) is 2.74. The summed E-state index contributed by atoms with van der Waals surface area (Å²) in [6.45, 7) is 2.69. The topological polar surface area (TPSA) is 60.0 Å². The first-order valence-electron chi connectivity index (χ1n) is 6.23. The highest BCUT2D eigenvalue weighted by atomic mass is 79.9. The third-order valence-corrected chi connectivity index (χ3v) is 3.29. The number of nitrogens with two attached hydrogens (primary N) is 1. The van der Waals surface area contributed by atoms with Crippen LogP contribution in [-0.4, -0.2) is 10.5 Å². The molecule has 2 aromatic rings. The number of nitrogens with zero attached hydrogens (tertiary/aromatic N) is 1. The summed E-state index contributed by atoms with van der Waals surface area (Å²) in [5, 5.41) is 2.55. The van der Waals surface area contributed by atoms with Crippen LogP contribution in [0, 0.1) is 5.82 Å². The van der Waals surface area contributed by atoms with Gasteiger partial charge >= 0.3 is 0 Å². The first kappa shape index (κ1) is 14.6. The van der Waals surface area contributed by atoms with E-state index in [4.69, 9.17) is 5.73 Å². The van der Waals surface area contributed by atoms with Crippen molar-refractivity contribution in [2.45, 2.75) is 19.9 Å². The number of benzene rings is 1. The van der Waals surface area contributed by atoms with Crippen LogP contribution >= 0.6 is 15.9 Å². The quantitative estimate of drug-likeness (QED) is 0.893. The van der Waals surface area contributed by atoms with Crippen molar-refractivity contribution < 1.29 is 9.18 Å². The molecule has 0 aliphatic carbocycles. The second kappa shape index (κ2) is 6.09. The van der Waals surface area contributed by atoms with E-state index in [2.05, 4.69) is 21.2 Å². The zero-order chi connectivity index (χ0) is 14.7. The maximum Gasteiger partial charge on any atom is 0.272 e. The van der Waals surface area contributed by atoms with Gasteiger partial charge < -0.3 is 15.6 Å². The number of carbonyl (C=O) groups excluding carboxylic acids is 1. The van der Waals surface area contributed by atoms with Crippen molar-refractivity contribution in [2.24, 2.45) is 0 Å². The van der Waals surface area contributed by atoms with Crippen LogP contribution in [0.25, 0.3) is 0 Å². The van der Waals surface area contributed by atoms with Crippen LogP contribution < -0.4 is 11.1 Å². The highest BCUT2D eigenvalue weighted by Crippen LogP contribution is 2.21. The number of nitrogen functional groups attached to an aromatic ring is 1. The van der Waals surface area contributed by atoms with Crippen molar-refractivity contribution >= 4 is 33.2 Å².